The average Bonchev–Trinajstić information content (AvgIpc) is 3.19. The summed E-state index contributed by atoms with van der Waals surface area (Å²) in [6.07, 6.45) is 1.82. The number of hydrogen-bond donors (Lipinski definition) is 0. The summed E-state index contributed by atoms with van der Waals surface area (Å²) < 4.78 is 3.50. The summed E-state index contributed by atoms with van der Waals surface area (Å²) in [6, 6.07) is 11.3. The van der Waals surface area contributed by atoms with Gasteiger partial charge in [0.15, 0.2) is 11.5 Å². The third kappa shape index (κ3) is 2.49. The summed E-state index contributed by atoms with van der Waals surface area (Å²) in [6.45, 7) is 2.64. The first-order valence-corrected chi connectivity index (χ1v) is 9.57. The van der Waals surface area contributed by atoms with Gasteiger partial charge < -0.3 is 4.57 Å². The fourth-order valence-electron chi connectivity index (χ4n) is 3.31. The van der Waals surface area contributed by atoms with Crippen LogP contribution in [0.1, 0.15) is 19.8 Å². The van der Waals surface area contributed by atoms with Gasteiger partial charge in [-0.1, -0.05) is 31.5 Å². The first-order chi connectivity index (χ1) is 12.6. The Kier molecular flexibility index (Phi) is 4.20. The number of hydrogen-bond acceptors (Lipinski definition) is 4. The van der Waals surface area contributed by atoms with Crippen molar-refractivity contribution in [2.24, 2.45) is 7.05 Å². The lowest BCUT2D eigenvalue weighted by Crippen LogP contribution is -2.29. The lowest BCUT2D eigenvalue weighted by atomic mass is 10.1. The lowest BCUT2D eigenvalue weighted by Gasteiger charge is -2.15. The van der Waals surface area contributed by atoms with Crippen molar-refractivity contribution in [2.45, 2.75) is 26.3 Å². The Morgan fingerprint density at radius 2 is 1.92 bits per heavy atom. The summed E-state index contributed by atoms with van der Waals surface area (Å²) in [5.41, 5.74) is 0.725. The van der Waals surface area contributed by atoms with E-state index in [0.717, 1.165) is 23.2 Å². The molecule has 3 aromatic heterocycles. The first kappa shape index (κ1) is 16.7. The Morgan fingerprint density at radius 3 is 2.65 bits per heavy atom. The van der Waals surface area contributed by atoms with Crippen molar-refractivity contribution in [3.63, 3.8) is 0 Å². The SMILES string of the molecule is CCCCn1c(-c2cccs2)nc2c(c(=O)c3ccccc3n2C)c1=O. The number of aromatic nitrogens is 3. The van der Waals surface area contributed by atoms with Gasteiger partial charge in [-0.15, -0.1) is 11.3 Å². The van der Waals surface area contributed by atoms with Crippen LogP contribution >= 0.6 is 11.3 Å². The van der Waals surface area contributed by atoms with E-state index in [2.05, 4.69) is 6.92 Å². The molecular formula is C20H19N3O2S. The standard InChI is InChI=1S/C20H19N3O2S/c1-3-4-11-23-18(15-10-7-12-26-15)21-19-16(20(23)25)17(24)13-8-5-6-9-14(13)22(19)2/h5-10,12H,3-4,11H2,1-2H3. The Bertz CT molecular complexity index is 1220. The number of unbranched alkanes of at least 4 members (excludes halogenated alkanes) is 1. The number of rotatable bonds is 4. The van der Waals surface area contributed by atoms with Gasteiger partial charge >= 0.3 is 0 Å². The Morgan fingerprint density at radius 1 is 1.12 bits per heavy atom. The summed E-state index contributed by atoms with van der Waals surface area (Å²) >= 11 is 1.54. The Balaban J connectivity index is 2.18. The second kappa shape index (κ2) is 6.53. The predicted octanol–water partition coefficient (Wildman–Crippen LogP) is 3.78. The van der Waals surface area contributed by atoms with E-state index in [9.17, 15) is 9.59 Å². The van der Waals surface area contributed by atoms with Crippen LogP contribution in [0, 0.1) is 0 Å². The lowest BCUT2D eigenvalue weighted by molar-refractivity contribution is 0.614. The topological polar surface area (TPSA) is 56.9 Å². The van der Waals surface area contributed by atoms with Gasteiger partial charge in [-0.3, -0.25) is 14.2 Å². The summed E-state index contributed by atoms with van der Waals surface area (Å²) in [5.74, 6) is 0.635. The Labute approximate surface area is 154 Å². The van der Waals surface area contributed by atoms with Crippen molar-refractivity contribution in [1.82, 2.24) is 14.1 Å². The van der Waals surface area contributed by atoms with E-state index >= 15 is 0 Å². The maximum absolute atomic E-state index is 13.3. The highest BCUT2D eigenvalue weighted by Gasteiger charge is 2.19. The molecule has 0 N–H and O–H groups in total. The summed E-state index contributed by atoms with van der Waals surface area (Å²) in [7, 11) is 1.85. The molecule has 0 saturated carbocycles. The second-order valence-corrected chi connectivity index (χ2v) is 7.27. The number of pyridine rings is 1. The third-order valence-corrected chi connectivity index (χ3v) is 5.55. The van der Waals surface area contributed by atoms with Crippen LogP contribution in [-0.4, -0.2) is 14.1 Å². The minimum atomic E-state index is -0.252. The van der Waals surface area contributed by atoms with Crippen molar-refractivity contribution < 1.29 is 0 Å². The monoisotopic (exact) mass is 365 g/mol. The first-order valence-electron chi connectivity index (χ1n) is 8.69. The van der Waals surface area contributed by atoms with Crippen LogP contribution in [0.4, 0.5) is 0 Å². The van der Waals surface area contributed by atoms with Crippen LogP contribution in [0.3, 0.4) is 0 Å². The van der Waals surface area contributed by atoms with Crippen molar-refractivity contribution in [3.8, 4) is 10.7 Å². The van der Waals surface area contributed by atoms with E-state index < -0.39 is 0 Å². The van der Waals surface area contributed by atoms with Gasteiger partial charge in [0.25, 0.3) is 5.56 Å². The molecule has 26 heavy (non-hydrogen) atoms. The van der Waals surface area contributed by atoms with Gasteiger partial charge in [0.2, 0.25) is 5.43 Å². The van der Waals surface area contributed by atoms with E-state index in [1.807, 2.05) is 47.3 Å². The van der Waals surface area contributed by atoms with Gasteiger partial charge in [0, 0.05) is 19.0 Å². The molecule has 0 aliphatic carbocycles. The Hall–Kier alpha value is -2.73. The number of fused-ring (bicyclic) bond motifs is 2. The zero-order valence-corrected chi connectivity index (χ0v) is 15.5. The molecule has 0 bridgehead atoms. The molecule has 3 heterocycles. The molecule has 5 nitrogen and oxygen atoms in total. The number of aryl methyl sites for hydroxylation is 1. The van der Waals surface area contributed by atoms with Crippen LogP contribution in [0.5, 0.6) is 0 Å². The van der Waals surface area contributed by atoms with E-state index in [0.29, 0.717) is 23.4 Å². The average molecular weight is 365 g/mol. The van der Waals surface area contributed by atoms with Crippen LogP contribution in [0.15, 0.2) is 51.4 Å². The van der Waals surface area contributed by atoms with Crippen molar-refractivity contribution in [3.05, 3.63) is 62.4 Å². The third-order valence-electron chi connectivity index (χ3n) is 4.68. The summed E-state index contributed by atoms with van der Waals surface area (Å²) in [5, 5.41) is 2.69. The molecule has 0 aliphatic rings. The van der Waals surface area contributed by atoms with E-state index in [1.54, 1.807) is 22.0 Å². The van der Waals surface area contributed by atoms with E-state index in [4.69, 9.17) is 4.98 Å². The van der Waals surface area contributed by atoms with Gasteiger partial charge in [0.05, 0.1) is 10.4 Å². The van der Waals surface area contributed by atoms with Gasteiger partial charge in [0.1, 0.15) is 5.39 Å². The highest BCUT2D eigenvalue weighted by Crippen LogP contribution is 2.24. The normalized spacial score (nSPS) is 11.5. The molecule has 0 unspecified atom stereocenters. The van der Waals surface area contributed by atoms with Crippen molar-refractivity contribution in [1.29, 1.82) is 0 Å². The minimum absolute atomic E-state index is 0.169. The van der Waals surface area contributed by atoms with Crippen molar-refractivity contribution in [2.75, 3.05) is 0 Å². The van der Waals surface area contributed by atoms with Crippen LogP contribution in [0.25, 0.3) is 32.6 Å². The zero-order chi connectivity index (χ0) is 18.3. The molecule has 0 radical (unpaired) electrons. The maximum Gasteiger partial charge on any atom is 0.267 e. The van der Waals surface area contributed by atoms with Crippen LogP contribution in [0.2, 0.25) is 0 Å². The predicted molar refractivity (Wildman–Crippen MR) is 107 cm³/mol. The van der Waals surface area contributed by atoms with Gasteiger partial charge in [-0.25, -0.2) is 4.98 Å². The molecular weight excluding hydrogens is 346 g/mol. The molecule has 6 heteroatoms. The zero-order valence-electron chi connectivity index (χ0n) is 14.7. The second-order valence-electron chi connectivity index (χ2n) is 6.33. The fourth-order valence-corrected chi connectivity index (χ4v) is 4.03. The molecule has 0 fully saturated rings. The van der Waals surface area contributed by atoms with Crippen LogP contribution in [-0.2, 0) is 13.6 Å². The minimum Gasteiger partial charge on any atom is -0.328 e. The number of para-hydroxylation sites is 1. The highest BCUT2D eigenvalue weighted by atomic mass is 32.1. The number of benzene rings is 1. The van der Waals surface area contributed by atoms with Gasteiger partial charge in [-0.05, 0) is 30.0 Å². The largest absolute Gasteiger partial charge is 0.328 e. The number of thiophene rings is 1. The molecule has 0 spiro atoms. The molecule has 0 amide bonds. The number of nitrogens with zero attached hydrogens (tertiary/aromatic N) is 3. The molecule has 0 aliphatic heterocycles. The van der Waals surface area contributed by atoms with E-state index in [-0.39, 0.29) is 16.4 Å². The smallest absolute Gasteiger partial charge is 0.267 e. The van der Waals surface area contributed by atoms with E-state index in [1.165, 1.54) is 0 Å². The molecule has 4 aromatic rings. The molecule has 0 atom stereocenters. The molecule has 1 aromatic carbocycles. The van der Waals surface area contributed by atoms with Crippen molar-refractivity contribution >= 4 is 33.3 Å². The maximum atomic E-state index is 13.3. The fraction of sp³-hybridized carbons (Fsp3) is 0.250. The quantitative estimate of drug-likeness (QED) is 0.517. The molecule has 132 valence electrons. The van der Waals surface area contributed by atoms with Crippen LogP contribution < -0.4 is 11.0 Å². The van der Waals surface area contributed by atoms with Gasteiger partial charge in [-0.2, -0.15) is 0 Å². The highest BCUT2D eigenvalue weighted by molar-refractivity contribution is 7.13. The summed E-state index contributed by atoms with van der Waals surface area (Å²) in [4.78, 5) is 32.0. The molecule has 0 saturated heterocycles. The molecule has 4 rings (SSSR count).